The molecule has 1 fully saturated rings. The predicted octanol–water partition coefficient (Wildman–Crippen LogP) is 2.46. The highest BCUT2D eigenvalue weighted by atomic mass is 16.3. The van der Waals surface area contributed by atoms with Crippen molar-refractivity contribution in [2.24, 2.45) is 5.41 Å². The first-order valence-electron chi connectivity index (χ1n) is 7.40. The highest BCUT2D eigenvalue weighted by Gasteiger charge is 2.36. The molecule has 18 heavy (non-hydrogen) atoms. The lowest BCUT2D eigenvalue weighted by Crippen LogP contribution is -2.49. The molecule has 1 aliphatic rings. The fourth-order valence-electron chi connectivity index (χ4n) is 2.60. The summed E-state index contributed by atoms with van der Waals surface area (Å²) in [5.41, 5.74) is -0.817. The maximum absolute atomic E-state index is 10.5. The van der Waals surface area contributed by atoms with Gasteiger partial charge < -0.3 is 15.5 Å². The van der Waals surface area contributed by atoms with Gasteiger partial charge >= 0.3 is 0 Å². The van der Waals surface area contributed by atoms with E-state index in [1.54, 1.807) is 0 Å². The van der Waals surface area contributed by atoms with Crippen LogP contribution in [-0.2, 0) is 0 Å². The Morgan fingerprint density at radius 3 is 2.00 bits per heavy atom. The van der Waals surface area contributed by atoms with Gasteiger partial charge in [-0.3, -0.25) is 0 Å². The van der Waals surface area contributed by atoms with Crippen LogP contribution in [0, 0.1) is 5.41 Å². The number of aliphatic hydroxyl groups is 2. The minimum atomic E-state index is -0.621. The van der Waals surface area contributed by atoms with Crippen LogP contribution in [0.3, 0.4) is 0 Å². The molecule has 0 aliphatic heterocycles. The van der Waals surface area contributed by atoms with Gasteiger partial charge in [0.05, 0.1) is 11.2 Å². The van der Waals surface area contributed by atoms with Crippen molar-refractivity contribution in [3.05, 3.63) is 0 Å². The largest absolute Gasteiger partial charge is 0.389 e. The molecule has 3 heteroatoms. The van der Waals surface area contributed by atoms with E-state index in [9.17, 15) is 10.2 Å². The molecule has 0 heterocycles. The SMILES string of the molecule is CCC(O)(CC)CNCC1(O)CCC(C)(C)CC1. The van der Waals surface area contributed by atoms with E-state index in [1.807, 2.05) is 13.8 Å². The van der Waals surface area contributed by atoms with E-state index in [1.165, 1.54) is 0 Å². The molecule has 0 unspecified atom stereocenters. The summed E-state index contributed by atoms with van der Waals surface area (Å²) in [6.07, 6.45) is 5.39. The second kappa shape index (κ2) is 5.89. The Kier molecular flexibility index (Phi) is 5.22. The van der Waals surface area contributed by atoms with Crippen molar-refractivity contribution in [1.29, 1.82) is 0 Å². The van der Waals surface area contributed by atoms with Gasteiger partial charge in [-0.05, 0) is 43.9 Å². The summed E-state index contributed by atoms with van der Waals surface area (Å²) in [5, 5.41) is 23.9. The van der Waals surface area contributed by atoms with Crippen LogP contribution in [0.1, 0.15) is 66.2 Å². The first-order chi connectivity index (χ1) is 8.24. The van der Waals surface area contributed by atoms with Gasteiger partial charge in [0.2, 0.25) is 0 Å². The molecule has 0 aromatic carbocycles. The van der Waals surface area contributed by atoms with Crippen LogP contribution < -0.4 is 5.32 Å². The van der Waals surface area contributed by atoms with E-state index in [0.717, 1.165) is 38.5 Å². The Morgan fingerprint density at radius 1 is 1.06 bits per heavy atom. The molecule has 108 valence electrons. The van der Waals surface area contributed by atoms with Gasteiger partial charge in [-0.1, -0.05) is 27.7 Å². The quantitative estimate of drug-likeness (QED) is 0.685. The molecule has 0 bridgehead atoms. The fourth-order valence-corrected chi connectivity index (χ4v) is 2.60. The summed E-state index contributed by atoms with van der Waals surface area (Å²) >= 11 is 0. The molecule has 1 saturated carbocycles. The Balaban J connectivity index is 2.35. The van der Waals surface area contributed by atoms with E-state index in [4.69, 9.17) is 0 Å². The van der Waals surface area contributed by atoms with Crippen LogP contribution in [0.25, 0.3) is 0 Å². The standard InChI is InChI=1S/C15H31NO2/c1-5-14(17,6-2)11-16-12-15(18)9-7-13(3,4)8-10-15/h16-18H,5-12H2,1-4H3. The average molecular weight is 257 g/mol. The molecule has 0 aromatic heterocycles. The zero-order valence-electron chi connectivity index (χ0n) is 12.6. The third-order valence-electron chi connectivity index (χ3n) is 4.76. The lowest BCUT2D eigenvalue weighted by Gasteiger charge is -2.41. The Bertz CT molecular complexity index is 249. The second-order valence-electron chi connectivity index (χ2n) is 6.92. The lowest BCUT2D eigenvalue weighted by molar-refractivity contribution is -0.0315. The van der Waals surface area contributed by atoms with Gasteiger partial charge in [0.25, 0.3) is 0 Å². The third kappa shape index (κ3) is 4.52. The molecular formula is C15H31NO2. The maximum atomic E-state index is 10.5. The van der Waals surface area contributed by atoms with Gasteiger partial charge in [0.15, 0.2) is 0 Å². The van der Waals surface area contributed by atoms with Gasteiger partial charge in [0, 0.05) is 13.1 Å². The summed E-state index contributed by atoms with van der Waals surface area (Å²) in [7, 11) is 0. The van der Waals surface area contributed by atoms with Crippen molar-refractivity contribution in [1.82, 2.24) is 5.32 Å². The molecule has 0 saturated heterocycles. The second-order valence-corrected chi connectivity index (χ2v) is 6.92. The molecule has 0 amide bonds. The van der Waals surface area contributed by atoms with Gasteiger partial charge in [-0.25, -0.2) is 0 Å². The molecule has 3 nitrogen and oxygen atoms in total. The van der Waals surface area contributed by atoms with E-state index in [0.29, 0.717) is 18.5 Å². The summed E-state index contributed by atoms with van der Waals surface area (Å²) < 4.78 is 0. The van der Waals surface area contributed by atoms with Crippen LogP contribution in [0.4, 0.5) is 0 Å². The van der Waals surface area contributed by atoms with Crippen LogP contribution in [-0.4, -0.2) is 34.5 Å². The van der Waals surface area contributed by atoms with Crippen LogP contribution >= 0.6 is 0 Å². The summed E-state index contributed by atoms with van der Waals surface area (Å²) in [4.78, 5) is 0. The van der Waals surface area contributed by atoms with Gasteiger partial charge in [-0.15, -0.1) is 0 Å². The summed E-state index contributed by atoms with van der Waals surface area (Å²) in [6, 6.07) is 0. The van der Waals surface area contributed by atoms with E-state index in [-0.39, 0.29) is 0 Å². The zero-order valence-corrected chi connectivity index (χ0v) is 12.6. The van der Waals surface area contributed by atoms with Crippen LogP contribution in [0.5, 0.6) is 0 Å². The van der Waals surface area contributed by atoms with Crippen molar-refractivity contribution >= 4 is 0 Å². The zero-order chi connectivity index (χ0) is 13.9. The predicted molar refractivity (Wildman–Crippen MR) is 75.6 cm³/mol. The van der Waals surface area contributed by atoms with E-state index in [2.05, 4.69) is 19.2 Å². The third-order valence-corrected chi connectivity index (χ3v) is 4.76. The van der Waals surface area contributed by atoms with E-state index < -0.39 is 11.2 Å². The minimum absolute atomic E-state index is 0.375. The molecular weight excluding hydrogens is 226 g/mol. The summed E-state index contributed by atoms with van der Waals surface area (Å²) in [6.45, 7) is 9.73. The first kappa shape index (κ1) is 15.9. The van der Waals surface area contributed by atoms with Crippen molar-refractivity contribution in [2.75, 3.05) is 13.1 Å². The smallest absolute Gasteiger partial charge is 0.0772 e. The van der Waals surface area contributed by atoms with Crippen molar-refractivity contribution in [3.8, 4) is 0 Å². The molecule has 0 spiro atoms. The lowest BCUT2D eigenvalue weighted by atomic mass is 9.71. The van der Waals surface area contributed by atoms with Gasteiger partial charge in [-0.2, -0.15) is 0 Å². The maximum Gasteiger partial charge on any atom is 0.0772 e. The average Bonchev–Trinajstić information content (AvgIpc) is 2.33. The van der Waals surface area contributed by atoms with Crippen LogP contribution in [0.15, 0.2) is 0 Å². The molecule has 3 N–H and O–H groups in total. The fraction of sp³-hybridized carbons (Fsp3) is 1.00. The highest BCUT2D eigenvalue weighted by Crippen LogP contribution is 2.39. The Labute approximate surface area is 112 Å². The summed E-state index contributed by atoms with van der Waals surface area (Å²) in [5.74, 6) is 0. The molecule has 1 aliphatic carbocycles. The molecule has 0 radical (unpaired) electrons. The Hall–Kier alpha value is -0.120. The molecule has 1 rings (SSSR count). The van der Waals surface area contributed by atoms with Crippen molar-refractivity contribution in [2.45, 2.75) is 77.4 Å². The Morgan fingerprint density at radius 2 is 1.56 bits per heavy atom. The first-order valence-corrected chi connectivity index (χ1v) is 7.40. The highest BCUT2D eigenvalue weighted by molar-refractivity contribution is 4.91. The van der Waals surface area contributed by atoms with E-state index >= 15 is 0 Å². The van der Waals surface area contributed by atoms with Crippen LogP contribution in [0.2, 0.25) is 0 Å². The minimum Gasteiger partial charge on any atom is -0.389 e. The monoisotopic (exact) mass is 257 g/mol. The van der Waals surface area contributed by atoms with Gasteiger partial charge in [0.1, 0.15) is 0 Å². The van der Waals surface area contributed by atoms with Crippen molar-refractivity contribution < 1.29 is 10.2 Å². The number of rotatable bonds is 6. The topological polar surface area (TPSA) is 52.5 Å². The molecule has 0 atom stereocenters. The number of hydrogen-bond acceptors (Lipinski definition) is 3. The number of nitrogens with one attached hydrogen (secondary N) is 1. The number of hydrogen-bond donors (Lipinski definition) is 3. The molecule has 0 aromatic rings. The van der Waals surface area contributed by atoms with Crippen molar-refractivity contribution in [3.63, 3.8) is 0 Å². The normalized spacial score (nSPS) is 23.0.